The minimum absolute atomic E-state index is 0. The number of hydrogen-bond acceptors (Lipinski definition) is 1. The Balaban J connectivity index is 0.000000640. The topological polar surface area (TPSA) is 9.23 Å². The molecule has 3 heteroatoms. The van der Waals surface area contributed by atoms with Crippen LogP contribution in [0.5, 0.6) is 5.75 Å². The molecule has 0 saturated carbocycles. The van der Waals surface area contributed by atoms with Gasteiger partial charge in [0.25, 0.3) is 0 Å². The molecule has 0 aromatic heterocycles. The molecule has 1 aromatic rings. The van der Waals surface area contributed by atoms with E-state index in [1.165, 1.54) is 0 Å². The Kier molecular flexibility index (Phi) is 4.47. The molecule has 0 aliphatic rings. The van der Waals surface area contributed by atoms with Crippen LogP contribution in [-0.2, 0) is 0 Å². The first kappa shape index (κ1) is 8.74. The van der Waals surface area contributed by atoms with Gasteiger partial charge in [0, 0.05) is 0 Å². The van der Waals surface area contributed by atoms with Crippen molar-refractivity contribution >= 4 is 21.9 Å². The molecule has 0 bridgehead atoms. The number of para-hydroxylation sites is 1. The van der Waals surface area contributed by atoms with Gasteiger partial charge < -0.3 is 4.52 Å². The summed E-state index contributed by atoms with van der Waals surface area (Å²) in [7, 11) is 3.61. The van der Waals surface area contributed by atoms with Crippen LogP contribution in [-0.4, -0.2) is 0 Å². The Morgan fingerprint density at radius 3 is 2.00 bits per heavy atom. The van der Waals surface area contributed by atoms with Gasteiger partial charge in [-0.1, -0.05) is 18.2 Å². The van der Waals surface area contributed by atoms with Gasteiger partial charge in [-0.15, -0.1) is 12.4 Å². The van der Waals surface area contributed by atoms with Crippen LogP contribution in [0.4, 0.5) is 0 Å². The molecule has 0 unspecified atom stereocenters. The van der Waals surface area contributed by atoms with Gasteiger partial charge in [-0.05, 0) is 12.1 Å². The highest BCUT2D eigenvalue weighted by Crippen LogP contribution is 2.09. The fourth-order valence-corrected chi connectivity index (χ4v) is 0.603. The van der Waals surface area contributed by atoms with Gasteiger partial charge in [-0.2, -0.15) is 0 Å². The van der Waals surface area contributed by atoms with Gasteiger partial charge in [0.2, 0.25) is 9.47 Å². The molecule has 0 aliphatic heterocycles. The van der Waals surface area contributed by atoms with Crippen molar-refractivity contribution in [2.75, 3.05) is 0 Å². The van der Waals surface area contributed by atoms with Gasteiger partial charge in [-0.3, -0.25) is 0 Å². The second-order valence-electron chi connectivity index (χ2n) is 1.40. The number of rotatable bonds is 1. The molecule has 0 aliphatic carbocycles. The molecule has 0 spiro atoms. The van der Waals surface area contributed by atoms with Crippen molar-refractivity contribution in [1.29, 1.82) is 0 Å². The first-order chi connectivity index (χ1) is 3.93. The summed E-state index contributed by atoms with van der Waals surface area (Å²) >= 11 is 0. The van der Waals surface area contributed by atoms with E-state index in [2.05, 4.69) is 14.0 Å². The molecule has 2 radical (unpaired) electrons. The van der Waals surface area contributed by atoms with Crippen LogP contribution in [0.2, 0.25) is 0 Å². The molecule has 1 nitrogen and oxygen atoms in total. The van der Waals surface area contributed by atoms with Gasteiger partial charge in [0.05, 0.1) is 0 Å². The largest absolute Gasteiger partial charge is 0.457 e. The molecular formula is C6H6ClOP. The summed E-state index contributed by atoms with van der Waals surface area (Å²) in [6, 6.07) is 9.40. The standard InChI is InChI=1S/C6H5OP.ClH/c8-7-6-4-2-1-3-5-6;/h1-5H;1H. The van der Waals surface area contributed by atoms with Gasteiger partial charge >= 0.3 is 0 Å². The summed E-state index contributed by atoms with van der Waals surface area (Å²) in [6.45, 7) is 0. The SMILES string of the molecule is Cl.[P]Oc1ccccc1. The minimum Gasteiger partial charge on any atom is -0.457 e. The van der Waals surface area contributed by atoms with Crippen molar-refractivity contribution in [3.8, 4) is 5.75 Å². The van der Waals surface area contributed by atoms with E-state index in [1.807, 2.05) is 30.3 Å². The fraction of sp³-hybridized carbons (Fsp3) is 0. The lowest BCUT2D eigenvalue weighted by atomic mass is 10.3. The average Bonchev–Trinajstić information content (AvgIpc) is 1.90. The van der Waals surface area contributed by atoms with Gasteiger partial charge in [0.1, 0.15) is 5.75 Å². The lowest BCUT2D eigenvalue weighted by Crippen LogP contribution is -1.68. The first-order valence-electron chi connectivity index (χ1n) is 2.30. The summed E-state index contributed by atoms with van der Waals surface area (Å²) in [5.74, 6) is 0.774. The summed E-state index contributed by atoms with van der Waals surface area (Å²) in [4.78, 5) is 0. The third kappa shape index (κ3) is 2.69. The van der Waals surface area contributed by atoms with Crippen LogP contribution in [0.1, 0.15) is 0 Å². The van der Waals surface area contributed by atoms with E-state index < -0.39 is 0 Å². The maximum absolute atomic E-state index is 4.61. The van der Waals surface area contributed by atoms with Crippen molar-refractivity contribution in [3.05, 3.63) is 30.3 Å². The third-order valence-electron chi connectivity index (χ3n) is 0.849. The molecule has 48 valence electrons. The van der Waals surface area contributed by atoms with Crippen LogP contribution in [0, 0.1) is 0 Å². The maximum atomic E-state index is 4.61. The highest BCUT2D eigenvalue weighted by molar-refractivity contribution is 7.10. The highest BCUT2D eigenvalue weighted by atomic mass is 35.5. The number of halogens is 1. The molecular weight excluding hydrogens is 154 g/mol. The number of hydrogen-bond donors (Lipinski definition) is 0. The second-order valence-corrected chi connectivity index (χ2v) is 1.59. The predicted octanol–water partition coefficient (Wildman–Crippen LogP) is 2.81. The minimum atomic E-state index is 0. The van der Waals surface area contributed by atoms with Crippen molar-refractivity contribution < 1.29 is 4.52 Å². The van der Waals surface area contributed by atoms with Crippen molar-refractivity contribution in [3.63, 3.8) is 0 Å². The van der Waals surface area contributed by atoms with Crippen molar-refractivity contribution in [1.82, 2.24) is 0 Å². The molecule has 0 amide bonds. The van der Waals surface area contributed by atoms with Crippen LogP contribution >= 0.6 is 21.9 Å². The smallest absolute Gasteiger partial charge is 0.232 e. The van der Waals surface area contributed by atoms with E-state index in [1.54, 1.807) is 0 Å². The van der Waals surface area contributed by atoms with E-state index in [0.29, 0.717) is 0 Å². The zero-order valence-electron chi connectivity index (χ0n) is 4.65. The molecule has 0 N–H and O–H groups in total. The Bertz CT molecular complexity index is 154. The molecule has 0 atom stereocenters. The Hall–Kier alpha value is -0.260. The van der Waals surface area contributed by atoms with Crippen molar-refractivity contribution in [2.24, 2.45) is 0 Å². The zero-order valence-corrected chi connectivity index (χ0v) is 6.36. The second kappa shape index (κ2) is 4.60. The molecule has 9 heavy (non-hydrogen) atoms. The third-order valence-corrected chi connectivity index (χ3v) is 1.06. The van der Waals surface area contributed by atoms with Crippen molar-refractivity contribution in [2.45, 2.75) is 0 Å². The summed E-state index contributed by atoms with van der Waals surface area (Å²) in [5.41, 5.74) is 0. The van der Waals surface area contributed by atoms with Crippen LogP contribution in [0.25, 0.3) is 0 Å². The van der Waals surface area contributed by atoms with E-state index in [-0.39, 0.29) is 12.4 Å². The normalized spacial score (nSPS) is 7.67. The Morgan fingerprint density at radius 2 is 1.67 bits per heavy atom. The fourth-order valence-electron chi connectivity index (χ4n) is 0.481. The molecule has 1 rings (SSSR count). The van der Waals surface area contributed by atoms with E-state index in [0.717, 1.165) is 5.75 Å². The van der Waals surface area contributed by atoms with Crippen LogP contribution in [0.3, 0.4) is 0 Å². The summed E-state index contributed by atoms with van der Waals surface area (Å²) in [6.07, 6.45) is 0. The summed E-state index contributed by atoms with van der Waals surface area (Å²) < 4.78 is 4.61. The summed E-state index contributed by atoms with van der Waals surface area (Å²) in [5, 5.41) is 0. The lowest BCUT2D eigenvalue weighted by Gasteiger charge is -1.91. The highest BCUT2D eigenvalue weighted by Gasteiger charge is 1.81. The zero-order chi connectivity index (χ0) is 5.82. The number of benzene rings is 1. The van der Waals surface area contributed by atoms with Gasteiger partial charge in [-0.25, -0.2) is 0 Å². The molecule has 0 saturated heterocycles. The monoisotopic (exact) mass is 160 g/mol. The molecule has 0 fully saturated rings. The lowest BCUT2D eigenvalue weighted by molar-refractivity contribution is 0.646. The van der Waals surface area contributed by atoms with Crippen LogP contribution in [0.15, 0.2) is 30.3 Å². The van der Waals surface area contributed by atoms with Gasteiger partial charge in [0.15, 0.2) is 0 Å². The quantitative estimate of drug-likeness (QED) is 0.574. The van der Waals surface area contributed by atoms with E-state index in [9.17, 15) is 0 Å². The van der Waals surface area contributed by atoms with Crippen LogP contribution < -0.4 is 4.52 Å². The molecule has 1 aromatic carbocycles. The Morgan fingerprint density at radius 1 is 1.11 bits per heavy atom. The first-order valence-corrected chi connectivity index (χ1v) is 2.66. The predicted molar refractivity (Wildman–Crippen MR) is 41.2 cm³/mol. The Labute approximate surface area is 63.1 Å². The van der Waals surface area contributed by atoms with E-state index in [4.69, 9.17) is 0 Å². The maximum Gasteiger partial charge on any atom is 0.232 e. The molecule has 0 heterocycles. The van der Waals surface area contributed by atoms with E-state index >= 15 is 0 Å². The average molecular weight is 161 g/mol.